The van der Waals surface area contributed by atoms with Crippen molar-refractivity contribution in [1.29, 1.82) is 0 Å². The van der Waals surface area contributed by atoms with Crippen LogP contribution in [0.4, 0.5) is 11.4 Å². The second-order valence-corrected chi connectivity index (χ2v) is 8.67. The summed E-state index contributed by atoms with van der Waals surface area (Å²) in [5.41, 5.74) is 2.63. The summed E-state index contributed by atoms with van der Waals surface area (Å²) in [7, 11) is 0. The van der Waals surface area contributed by atoms with Crippen LogP contribution in [-0.2, 0) is 0 Å². The van der Waals surface area contributed by atoms with Crippen molar-refractivity contribution in [2.45, 2.75) is 69.9 Å². The number of nitrogens with zero attached hydrogens (tertiary/aromatic N) is 2. The molecular weight excluding hydrogens is 306 g/mol. The molecule has 1 N–H and O–H groups in total. The van der Waals surface area contributed by atoms with Crippen molar-refractivity contribution in [3.05, 3.63) is 30.9 Å². The molecule has 3 nitrogen and oxygen atoms in total. The largest absolute Gasteiger partial charge is 0.360 e. The highest BCUT2D eigenvalue weighted by Gasteiger charge is 2.39. The lowest BCUT2D eigenvalue weighted by Crippen LogP contribution is -2.52. The zero-order valence-electron chi connectivity index (χ0n) is 15.4. The first-order valence-electron chi connectivity index (χ1n) is 10.6. The third-order valence-electron chi connectivity index (χ3n) is 7.44. The fraction of sp³-hybridized carbons (Fsp3) is 0.682. The number of piperidine rings is 1. The van der Waals surface area contributed by atoms with Gasteiger partial charge >= 0.3 is 0 Å². The van der Waals surface area contributed by atoms with Crippen molar-refractivity contribution in [1.82, 2.24) is 4.90 Å². The molecule has 135 valence electrons. The molecule has 2 heterocycles. The zero-order valence-corrected chi connectivity index (χ0v) is 15.4. The van der Waals surface area contributed by atoms with Gasteiger partial charge in [-0.05, 0) is 49.7 Å². The van der Waals surface area contributed by atoms with Crippen LogP contribution >= 0.6 is 0 Å². The van der Waals surface area contributed by atoms with Gasteiger partial charge in [-0.15, -0.1) is 0 Å². The Bertz CT molecular complexity index is 591. The monoisotopic (exact) mass is 338 g/mol. The first kappa shape index (κ1) is 16.0. The van der Waals surface area contributed by atoms with Crippen LogP contribution in [-0.4, -0.2) is 30.1 Å². The van der Waals surface area contributed by atoms with E-state index >= 15 is 0 Å². The van der Waals surface area contributed by atoms with Crippen LogP contribution in [0.5, 0.6) is 0 Å². The molecule has 0 bridgehead atoms. The lowest BCUT2D eigenvalue weighted by molar-refractivity contribution is 0.0272. The summed E-state index contributed by atoms with van der Waals surface area (Å²) >= 11 is 0. The Balaban J connectivity index is 1.23. The third-order valence-corrected chi connectivity index (χ3v) is 7.44. The quantitative estimate of drug-likeness (QED) is 0.830. The van der Waals surface area contributed by atoms with Crippen LogP contribution in [0.25, 0.3) is 0 Å². The number of rotatable bonds is 2. The van der Waals surface area contributed by atoms with Gasteiger partial charge < -0.3 is 10.2 Å². The van der Waals surface area contributed by atoms with Crippen molar-refractivity contribution >= 4 is 11.4 Å². The molecule has 3 heteroatoms. The molecule has 1 radical (unpaired) electrons. The van der Waals surface area contributed by atoms with E-state index in [0.717, 1.165) is 17.9 Å². The zero-order chi connectivity index (χ0) is 16.6. The van der Waals surface area contributed by atoms with Crippen LogP contribution in [0.3, 0.4) is 0 Å². The Morgan fingerprint density at radius 1 is 0.840 bits per heavy atom. The number of benzene rings is 1. The third kappa shape index (κ3) is 2.95. The van der Waals surface area contributed by atoms with Gasteiger partial charge in [0.05, 0.1) is 11.4 Å². The molecule has 2 aliphatic carbocycles. The normalized spacial score (nSPS) is 33.6. The standard InChI is InChI=1S/C22H32N3/c1-2-8-19-17(6-1)7-5-11-21(19)24-14-12-18(13-15-24)25-16-23-20-9-3-4-10-22(20)25/h3-4,9-10,16-19,21,23H,1-2,5-8,11-15H2. The molecule has 1 saturated heterocycles. The van der Waals surface area contributed by atoms with Gasteiger partial charge in [0.1, 0.15) is 6.67 Å². The average molecular weight is 339 g/mol. The fourth-order valence-corrected chi connectivity index (χ4v) is 6.19. The number of nitrogens with one attached hydrogen (secondary N) is 1. The predicted octanol–water partition coefficient (Wildman–Crippen LogP) is 4.86. The molecule has 5 rings (SSSR count). The maximum Gasteiger partial charge on any atom is 0.139 e. The van der Waals surface area contributed by atoms with E-state index in [4.69, 9.17) is 0 Å². The van der Waals surface area contributed by atoms with Gasteiger partial charge in [-0.25, -0.2) is 0 Å². The molecule has 1 aromatic rings. The Morgan fingerprint density at radius 2 is 1.64 bits per heavy atom. The number of anilines is 2. The second kappa shape index (κ2) is 6.83. The highest BCUT2D eigenvalue weighted by molar-refractivity contribution is 5.77. The van der Waals surface area contributed by atoms with Crippen LogP contribution < -0.4 is 10.2 Å². The Kier molecular flexibility index (Phi) is 4.37. The van der Waals surface area contributed by atoms with E-state index in [2.05, 4.69) is 46.1 Å². The van der Waals surface area contributed by atoms with Gasteiger partial charge in [-0.2, -0.15) is 0 Å². The Hall–Kier alpha value is -1.22. The van der Waals surface area contributed by atoms with E-state index < -0.39 is 0 Å². The van der Waals surface area contributed by atoms with Crippen molar-refractivity contribution in [2.75, 3.05) is 23.3 Å². The van der Waals surface area contributed by atoms with E-state index in [-0.39, 0.29) is 0 Å². The van der Waals surface area contributed by atoms with Crippen LogP contribution in [0.2, 0.25) is 0 Å². The van der Waals surface area contributed by atoms with Gasteiger partial charge in [0.15, 0.2) is 0 Å². The lowest BCUT2D eigenvalue weighted by Gasteiger charge is -2.49. The Morgan fingerprint density at radius 3 is 2.56 bits per heavy atom. The maximum atomic E-state index is 3.45. The average Bonchev–Trinajstić information content (AvgIpc) is 3.12. The predicted molar refractivity (Wildman–Crippen MR) is 105 cm³/mol. The molecule has 0 amide bonds. The second-order valence-electron chi connectivity index (χ2n) is 8.67. The summed E-state index contributed by atoms with van der Waals surface area (Å²) in [6.45, 7) is 4.79. The molecule has 2 saturated carbocycles. The minimum atomic E-state index is 0.665. The molecule has 25 heavy (non-hydrogen) atoms. The highest BCUT2D eigenvalue weighted by atomic mass is 15.3. The summed E-state index contributed by atoms with van der Waals surface area (Å²) in [5.74, 6) is 2.06. The molecule has 4 aliphatic rings. The summed E-state index contributed by atoms with van der Waals surface area (Å²) in [6.07, 6.45) is 13.1. The molecule has 2 aliphatic heterocycles. The van der Waals surface area contributed by atoms with Crippen molar-refractivity contribution in [3.63, 3.8) is 0 Å². The van der Waals surface area contributed by atoms with Gasteiger partial charge in [-0.1, -0.05) is 44.2 Å². The Labute approximate surface area is 152 Å². The topological polar surface area (TPSA) is 18.5 Å². The molecule has 0 aromatic heterocycles. The van der Waals surface area contributed by atoms with E-state index in [9.17, 15) is 0 Å². The molecular formula is C22H32N3. The minimum absolute atomic E-state index is 0.665. The molecule has 3 fully saturated rings. The van der Waals surface area contributed by atoms with Gasteiger partial charge in [0, 0.05) is 25.2 Å². The summed E-state index contributed by atoms with van der Waals surface area (Å²) < 4.78 is 0. The van der Waals surface area contributed by atoms with Crippen LogP contribution in [0.1, 0.15) is 57.8 Å². The number of hydrogen-bond acceptors (Lipinski definition) is 3. The smallest absolute Gasteiger partial charge is 0.139 e. The summed E-state index contributed by atoms with van der Waals surface area (Å²) in [6, 6.07) is 10.3. The van der Waals surface area contributed by atoms with Crippen LogP contribution in [0.15, 0.2) is 24.3 Å². The highest BCUT2D eigenvalue weighted by Crippen LogP contribution is 2.43. The molecule has 3 unspecified atom stereocenters. The van der Waals surface area contributed by atoms with Crippen LogP contribution in [0, 0.1) is 18.5 Å². The van der Waals surface area contributed by atoms with Gasteiger partial charge in [0.2, 0.25) is 0 Å². The fourth-order valence-electron chi connectivity index (χ4n) is 6.19. The SMILES string of the molecule is [CH]1Nc2ccccc2N1C1CCN(C2CCCC3CCCCC32)CC1. The number of hydrogen-bond donors (Lipinski definition) is 1. The molecule has 0 spiro atoms. The molecule has 1 aromatic carbocycles. The van der Waals surface area contributed by atoms with Crippen molar-refractivity contribution in [2.24, 2.45) is 11.8 Å². The lowest BCUT2D eigenvalue weighted by atomic mass is 9.67. The summed E-state index contributed by atoms with van der Waals surface area (Å²) in [4.78, 5) is 5.38. The first-order valence-corrected chi connectivity index (χ1v) is 10.6. The van der Waals surface area contributed by atoms with Crippen molar-refractivity contribution in [3.8, 4) is 0 Å². The number of para-hydroxylation sites is 2. The molecule has 3 atom stereocenters. The first-order chi connectivity index (χ1) is 12.4. The van der Waals surface area contributed by atoms with E-state index in [1.807, 2.05) is 0 Å². The number of likely N-dealkylation sites (tertiary alicyclic amines) is 1. The van der Waals surface area contributed by atoms with Gasteiger partial charge in [0.25, 0.3) is 0 Å². The van der Waals surface area contributed by atoms with E-state index in [1.165, 1.54) is 82.3 Å². The number of fused-ring (bicyclic) bond motifs is 2. The van der Waals surface area contributed by atoms with Gasteiger partial charge in [-0.3, -0.25) is 4.90 Å². The van der Waals surface area contributed by atoms with E-state index in [1.54, 1.807) is 0 Å². The van der Waals surface area contributed by atoms with E-state index in [0.29, 0.717) is 6.04 Å². The van der Waals surface area contributed by atoms with Crippen molar-refractivity contribution < 1.29 is 0 Å². The maximum absolute atomic E-state index is 3.45. The summed E-state index contributed by atoms with van der Waals surface area (Å²) in [5, 5.41) is 3.45. The minimum Gasteiger partial charge on any atom is -0.360 e.